The zero-order chi connectivity index (χ0) is 11.3. The normalized spacial score (nSPS) is 27.0. The highest BCUT2D eigenvalue weighted by Crippen LogP contribution is 2.30. The Bertz CT molecular complexity index is 259. The summed E-state index contributed by atoms with van der Waals surface area (Å²) in [6.45, 7) is 2.84. The molecule has 84 valence electrons. The van der Waals surface area contributed by atoms with Crippen molar-refractivity contribution in [3.8, 4) is 6.07 Å². The van der Waals surface area contributed by atoms with E-state index in [4.69, 9.17) is 11.0 Å². The third-order valence-corrected chi connectivity index (χ3v) is 3.10. The second-order valence-electron chi connectivity index (χ2n) is 4.31. The van der Waals surface area contributed by atoms with Crippen LogP contribution in [0.3, 0.4) is 0 Å². The highest BCUT2D eigenvalue weighted by molar-refractivity contribution is 5.79. The Morgan fingerprint density at radius 1 is 1.67 bits per heavy atom. The number of carbonyl (C=O) groups is 1. The molecule has 0 aliphatic heterocycles. The predicted molar refractivity (Wildman–Crippen MR) is 57.7 cm³/mol. The van der Waals surface area contributed by atoms with Crippen LogP contribution >= 0.6 is 0 Å². The molecule has 1 amide bonds. The second kappa shape index (κ2) is 5.72. The maximum Gasteiger partial charge on any atom is 0.223 e. The third-order valence-electron chi connectivity index (χ3n) is 3.10. The van der Waals surface area contributed by atoms with Crippen molar-refractivity contribution in [2.75, 3.05) is 13.1 Å². The van der Waals surface area contributed by atoms with E-state index in [9.17, 15) is 4.79 Å². The average molecular weight is 209 g/mol. The second-order valence-corrected chi connectivity index (χ2v) is 4.31. The standard InChI is InChI=1S/C11H19N3O/c1-8(5-12)7-14-11(15)10-4-2-3-9(10)6-13/h8-10H,2-4,6-7,13H2,1H3,(H,14,15). The molecule has 1 aliphatic rings. The number of nitrogens with zero attached hydrogens (tertiary/aromatic N) is 1. The lowest BCUT2D eigenvalue weighted by Gasteiger charge is -2.17. The molecule has 4 nitrogen and oxygen atoms in total. The third kappa shape index (κ3) is 3.21. The van der Waals surface area contributed by atoms with Crippen molar-refractivity contribution in [3.63, 3.8) is 0 Å². The molecule has 0 aromatic heterocycles. The van der Waals surface area contributed by atoms with Gasteiger partial charge in [-0.05, 0) is 32.2 Å². The van der Waals surface area contributed by atoms with Gasteiger partial charge in [0.1, 0.15) is 0 Å². The summed E-state index contributed by atoms with van der Waals surface area (Å²) < 4.78 is 0. The molecule has 0 saturated heterocycles. The monoisotopic (exact) mass is 209 g/mol. The Hall–Kier alpha value is -1.08. The lowest BCUT2D eigenvalue weighted by Crippen LogP contribution is -2.36. The molecule has 4 heteroatoms. The van der Waals surface area contributed by atoms with Gasteiger partial charge in [0.05, 0.1) is 12.0 Å². The first-order chi connectivity index (χ1) is 7.19. The summed E-state index contributed by atoms with van der Waals surface area (Å²) in [5.41, 5.74) is 5.61. The number of nitriles is 1. The van der Waals surface area contributed by atoms with E-state index in [1.807, 2.05) is 0 Å². The Morgan fingerprint density at radius 2 is 2.40 bits per heavy atom. The summed E-state index contributed by atoms with van der Waals surface area (Å²) in [6.07, 6.45) is 3.09. The summed E-state index contributed by atoms with van der Waals surface area (Å²) in [6, 6.07) is 2.10. The average Bonchev–Trinajstić information content (AvgIpc) is 2.73. The Kier molecular flexibility index (Phi) is 4.57. The van der Waals surface area contributed by atoms with Crippen LogP contribution in [0, 0.1) is 29.1 Å². The van der Waals surface area contributed by atoms with Crippen LogP contribution in [-0.2, 0) is 4.79 Å². The fourth-order valence-electron chi connectivity index (χ4n) is 2.09. The number of nitrogens with one attached hydrogen (secondary N) is 1. The predicted octanol–water partition coefficient (Wildman–Crippen LogP) is 0.637. The summed E-state index contributed by atoms with van der Waals surface area (Å²) in [5.74, 6) is 0.361. The molecule has 0 radical (unpaired) electrons. The molecule has 1 aliphatic carbocycles. The topological polar surface area (TPSA) is 78.9 Å². The summed E-state index contributed by atoms with van der Waals surface area (Å²) in [4.78, 5) is 11.8. The Morgan fingerprint density at radius 3 is 3.00 bits per heavy atom. The minimum Gasteiger partial charge on any atom is -0.355 e. The van der Waals surface area contributed by atoms with Crippen LogP contribution in [0.4, 0.5) is 0 Å². The molecule has 0 aromatic rings. The fraction of sp³-hybridized carbons (Fsp3) is 0.818. The smallest absolute Gasteiger partial charge is 0.223 e. The zero-order valence-corrected chi connectivity index (χ0v) is 9.20. The maximum atomic E-state index is 11.8. The van der Waals surface area contributed by atoms with Crippen LogP contribution in [0.5, 0.6) is 0 Å². The van der Waals surface area contributed by atoms with Crippen molar-refractivity contribution in [2.45, 2.75) is 26.2 Å². The van der Waals surface area contributed by atoms with Crippen molar-refractivity contribution in [3.05, 3.63) is 0 Å². The van der Waals surface area contributed by atoms with Gasteiger partial charge in [-0.1, -0.05) is 6.42 Å². The molecule has 3 N–H and O–H groups in total. The van der Waals surface area contributed by atoms with Crippen molar-refractivity contribution in [1.82, 2.24) is 5.32 Å². The van der Waals surface area contributed by atoms with Gasteiger partial charge < -0.3 is 11.1 Å². The molecule has 0 spiro atoms. The summed E-state index contributed by atoms with van der Waals surface area (Å²) >= 11 is 0. The zero-order valence-electron chi connectivity index (χ0n) is 9.20. The van der Waals surface area contributed by atoms with Gasteiger partial charge in [-0.15, -0.1) is 0 Å². The summed E-state index contributed by atoms with van der Waals surface area (Å²) in [5, 5.41) is 11.4. The fourth-order valence-corrected chi connectivity index (χ4v) is 2.09. The molecule has 1 rings (SSSR count). The summed E-state index contributed by atoms with van der Waals surface area (Å²) in [7, 11) is 0. The van der Waals surface area contributed by atoms with Gasteiger partial charge in [0.2, 0.25) is 5.91 Å². The van der Waals surface area contributed by atoms with Gasteiger partial charge in [0.25, 0.3) is 0 Å². The number of hydrogen-bond donors (Lipinski definition) is 2. The van der Waals surface area contributed by atoms with E-state index >= 15 is 0 Å². The molecule has 3 unspecified atom stereocenters. The van der Waals surface area contributed by atoms with Crippen LogP contribution in [0.1, 0.15) is 26.2 Å². The van der Waals surface area contributed by atoms with E-state index < -0.39 is 0 Å². The van der Waals surface area contributed by atoms with Crippen LogP contribution < -0.4 is 11.1 Å². The van der Waals surface area contributed by atoms with Gasteiger partial charge >= 0.3 is 0 Å². The van der Waals surface area contributed by atoms with E-state index in [-0.39, 0.29) is 17.7 Å². The lowest BCUT2D eigenvalue weighted by atomic mass is 9.95. The van der Waals surface area contributed by atoms with E-state index in [1.165, 1.54) is 0 Å². The van der Waals surface area contributed by atoms with Gasteiger partial charge in [-0.25, -0.2) is 0 Å². The Balaban J connectivity index is 2.37. The molecule has 15 heavy (non-hydrogen) atoms. The van der Waals surface area contributed by atoms with Crippen molar-refractivity contribution in [1.29, 1.82) is 5.26 Å². The molecule has 0 aromatic carbocycles. The van der Waals surface area contributed by atoms with Gasteiger partial charge in [0.15, 0.2) is 0 Å². The van der Waals surface area contributed by atoms with Crippen LogP contribution in [0.15, 0.2) is 0 Å². The van der Waals surface area contributed by atoms with Crippen molar-refractivity contribution < 1.29 is 4.79 Å². The highest BCUT2D eigenvalue weighted by atomic mass is 16.1. The van der Waals surface area contributed by atoms with Gasteiger partial charge in [-0.3, -0.25) is 4.79 Å². The van der Waals surface area contributed by atoms with Crippen LogP contribution in [0.25, 0.3) is 0 Å². The minimum atomic E-state index is -0.119. The highest BCUT2D eigenvalue weighted by Gasteiger charge is 2.31. The van der Waals surface area contributed by atoms with E-state index in [0.717, 1.165) is 19.3 Å². The molecule has 1 fully saturated rings. The Labute approximate surface area is 90.8 Å². The van der Waals surface area contributed by atoms with Crippen LogP contribution in [-0.4, -0.2) is 19.0 Å². The van der Waals surface area contributed by atoms with Crippen molar-refractivity contribution in [2.24, 2.45) is 23.5 Å². The largest absolute Gasteiger partial charge is 0.355 e. The molecular weight excluding hydrogens is 190 g/mol. The number of carbonyl (C=O) groups excluding carboxylic acids is 1. The van der Waals surface area contributed by atoms with E-state index in [1.54, 1.807) is 6.92 Å². The first kappa shape index (κ1) is 12.0. The number of amides is 1. The number of nitrogens with two attached hydrogens (primary N) is 1. The molecule has 0 heterocycles. The molecule has 1 saturated carbocycles. The van der Waals surface area contributed by atoms with Crippen molar-refractivity contribution >= 4 is 5.91 Å². The van der Waals surface area contributed by atoms with Gasteiger partial charge in [0, 0.05) is 12.5 Å². The maximum absolute atomic E-state index is 11.8. The molecule has 0 bridgehead atoms. The molecular formula is C11H19N3O. The lowest BCUT2D eigenvalue weighted by molar-refractivity contribution is -0.126. The van der Waals surface area contributed by atoms with Crippen LogP contribution in [0.2, 0.25) is 0 Å². The minimum absolute atomic E-state index is 0.0703. The first-order valence-corrected chi connectivity index (χ1v) is 5.56. The van der Waals surface area contributed by atoms with E-state index in [0.29, 0.717) is 19.0 Å². The van der Waals surface area contributed by atoms with E-state index in [2.05, 4.69) is 11.4 Å². The number of hydrogen-bond acceptors (Lipinski definition) is 3. The quantitative estimate of drug-likeness (QED) is 0.713. The SMILES string of the molecule is CC(C#N)CNC(=O)C1CCCC1CN. The number of rotatable bonds is 4. The van der Waals surface area contributed by atoms with Gasteiger partial charge in [-0.2, -0.15) is 5.26 Å². The molecule has 3 atom stereocenters. The first-order valence-electron chi connectivity index (χ1n) is 5.56.